The number of rotatable bonds is 3. The Morgan fingerprint density at radius 1 is 1.26 bits per heavy atom. The molecule has 1 aromatic carbocycles. The van der Waals surface area contributed by atoms with Gasteiger partial charge in [0.1, 0.15) is 5.25 Å². The van der Waals surface area contributed by atoms with Crippen LogP contribution in [-0.2, 0) is 15.7 Å². The molecule has 1 aromatic rings. The number of alkyl halides is 1. The minimum atomic E-state index is -0.649. The number of halogens is 1. The number of hydrogen-bond donors (Lipinski definition) is 1. The molecule has 0 amide bonds. The van der Waals surface area contributed by atoms with E-state index in [1.165, 1.54) is 0 Å². The van der Waals surface area contributed by atoms with Gasteiger partial charge in [-0.1, -0.05) is 46.3 Å². The predicted molar refractivity (Wildman–Crippen MR) is 85.3 cm³/mol. The molecular formula is C15H20BrO2S+. The summed E-state index contributed by atoms with van der Waals surface area (Å²) in [4.78, 5) is 12.0. The van der Waals surface area contributed by atoms with Gasteiger partial charge in [0.05, 0.1) is 23.3 Å². The van der Waals surface area contributed by atoms with Gasteiger partial charge in [-0.15, -0.1) is 0 Å². The maximum Gasteiger partial charge on any atom is 0.307 e. The van der Waals surface area contributed by atoms with Gasteiger partial charge in [-0.2, -0.15) is 0 Å². The number of carboxylic acid groups (broad SMARTS) is 1. The third kappa shape index (κ3) is 3.34. The molecule has 0 heterocycles. The second-order valence-electron chi connectivity index (χ2n) is 5.37. The highest BCUT2D eigenvalue weighted by atomic mass is 79.9. The van der Waals surface area contributed by atoms with Crippen molar-refractivity contribution in [2.75, 3.05) is 12.5 Å². The summed E-state index contributed by atoms with van der Waals surface area (Å²) in [5.41, 5.74) is 1.16. The summed E-state index contributed by atoms with van der Waals surface area (Å²) in [5, 5.41) is 10.0. The van der Waals surface area contributed by atoms with Gasteiger partial charge in [0.15, 0.2) is 0 Å². The standard InChI is InChI=1S/C15H19BrO2S/c1-19(2)14-9-12(15(17)18)11(8-13(14)16)10-6-4-3-5-7-10/h3-7,11-14H,8-9H2,1-2H3/p+1/t11-,12+,13+,14+/m1/s1. The largest absolute Gasteiger partial charge is 0.481 e. The molecule has 1 fully saturated rings. The molecule has 0 bridgehead atoms. The number of aliphatic carboxylic acids is 1. The molecule has 0 radical (unpaired) electrons. The first-order valence-electron chi connectivity index (χ1n) is 6.49. The first-order chi connectivity index (χ1) is 9.00. The Labute approximate surface area is 126 Å². The van der Waals surface area contributed by atoms with Crippen LogP contribution in [0.25, 0.3) is 0 Å². The van der Waals surface area contributed by atoms with Crippen LogP contribution in [0.1, 0.15) is 24.3 Å². The van der Waals surface area contributed by atoms with E-state index in [-0.39, 0.29) is 22.7 Å². The first-order valence-corrected chi connectivity index (χ1v) is 9.51. The quantitative estimate of drug-likeness (QED) is 0.675. The molecule has 0 unspecified atom stereocenters. The maximum absolute atomic E-state index is 11.6. The SMILES string of the molecule is C[S+](C)[C@H]1C[C@H](C(=O)O)[C@@H](c2ccccc2)C[C@@H]1Br. The minimum absolute atomic E-state index is 0.128. The van der Waals surface area contributed by atoms with E-state index < -0.39 is 5.97 Å². The Bertz CT molecular complexity index is 435. The Kier molecular flexibility index (Phi) is 4.96. The van der Waals surface area contributed by atoms with E-state index in [1.807, 2.05) is 18.2 Å². The van der Waals surface area contributed by atoms with Crippen LogP contribution in [0.2, 0.25) is 0 Å². The molecule has 4 atom stereocenters. The van der Waals surface area contributed by atoms with Crippen molar-refractivity contribution in [2.24, 2.45) is 5.92 Å². The van der Waals surface area contributed by atoms with E-state index in [1.54, 1.807) is 0 Å². The second-order valence-corrected chi connectivity index (χ2v) is 8.91. The summed E-state index contributed by atoms with van der Waals surface area (Å²) >= 11 is 3.78. The molecule has 1 aliphatic carbocycles. The Hall–Kier alpha value is -0.480. The minimum Gasteiger partial charge on any atom is -0.481 e. The average molecular weight is 344 g/mol. The molecule has 4 heteroatoms. The van der Waals surface area contributed by atoms with Gasteiger partial charge in [-0.3, -0.25) is 4.79 Å². The van der Waals surface area contributed by atoms with Crippen LogP contribution in [0, 0.1) is 5.92 Å². The van der Waals surface area contributed by atoms with Gasteiger partial charge < -0.3 is 5.11 Å². The lowest BCUT2D eigenvalue weighted by Crippen LogP contribution is -2.42. The molecule has 2 nitrogen and oxygen atoms in total. The maximum atomic E-state index is 11.6. The van der Waals surface area contributed by atoms with Crippen molar-refractivity contribution in [3.63, 3.8) is 0 Å². The highest BCUT2D eigenvalue weighted by molar-refractivity contribution is 9.09. The van der Waals surface area contributed by atoms with Crippen LogP contribution in [0.3, 0.4) is 0 Å². The molecule has 0 spiro atoms. The van der Waals surface area contributed by atoms with E-state index >= 15 is 0 Å². The second kappa shape index (κ2) is 6.31. The van der Waals surface area contributed by atoms with Gasteiger partial charge in [0, 0.05) is 6.42 Å². The molecular weight excluding hydrogens is 324 g/mol. The van der Waals surface area contributed by atoms with Gasteiger partial charge >= 0.3 is 5.97 Å². The van der Waals surface area contributed by atoms with Crippen molar-refractivity contribution < 1.29 is 9.90 Å². The van der Waals surface area contributed by atoms with E-state index in [4.69, 9.17) is 0 Å². The van der Waals surface area contributed by atoms with Crippen molar-refractivity contribution in [1.29, 1.82) is 0 Å². The summed E-state index contributed by atoms with van der Waals surface area (Å²) in [6, 6.07) is 10.1. The normalized spacial score (nSPS) is 31.4. The summed E-state index contributed by atoms with van der Waals surface area (Å²) in [6.45, 7) is 0. The monoisotopic (exact) mass is 343 g/mol. The Balaban J connectivity index is 2.26. The molecule has 0 saturated heterocycles. The molecule has 0 aliphatic heterocycles. The third-order valence-electron chi connectivity index (χ3n) is 4.00. The zero-order valence-corrected chi connectivity index (χ0v) is 13.7. The van der Waals surface area contributed by atoms with Crippen LogP contribution in [0.5, 0.6) is 0 Å². The number of benzene rings is 1. The van der Waals surface area contributed by atoms with E-state index in [9.17, 15) is 9.90 Å². The smallest absolute Gasteiger partial charge is 0.307 e. The fourth-order valence-corrected chi connectivity index (χ4v) is 6.16. The van der Waals surface area contributed by atoms with Gasteiger partial charge in [0.2, 0.25) is 0 Å². The number of hydrogen-bond acceptors (Lipinski definition) is 1. The van der Waals surface area contributed by atoms with E-state index in [2.05, 4.69) is 40.6 Å². The molecule has 19 heavy (non-hydrogen) atoms. The van der Waals surface area contributed by atoms with Crippen LogP contribution >= 0.6 is 15.9 Å². The number of carboxylic acids is 1. The fraction of sp³-hybridized carbons (Fsp3) is 0.533. The molecule has 104 valence electrons. The van der Waals surface area contributed by atoms with Gasteiger partial charge in [-0.05, 0) is 28.8 Å². The summed E-state index contributed by atoms with van der Waals surface area (Å²) < 4.78 is 0. The van der Waals surface area contributed by atoms with Crippen molar-refractivity contribution in [3.05, 3.63) is 35.9 Å². The summed E-state index contributed by atoms with van der Waals surface area (Å²) in [6.07, 6.45) is 6.11. The molecule has 2 rings (SSSR count). The topological polar surface area (TPSA) is 37.3 Å². The first kappa shape index (κ1) is 14.9. The lowest BCUT2D eigenvalue weighted by molar-refractivity contribution is -0.143. The Morgan fingerprint density at radius 2 is 1.89 bits per heavy atom. The lowest BCUT2D eigenvalue weighted by atomic mass is 9.75. The van der Waals surface area contributed by atoms with E-state index in [0.717, 1.165) is 18.4 Å². The van der Waals surface area contributed by atoms with E-state index in [0.29, 0.717) is 10.1 Å². The zero-order valence-electron chi connectivity index (χ0n) is 11.3. The Morgan fingerprint density at radius 3 is 2.42 bits per heavy atom. The number of carbonyl (C=O) groups is 1. The van der Waals surface area contributed by atoms with Crippen LogP contribution < -0.4 is 0 Å². The van der Waals surface area contributed by atoms with Crippen molar-refractivity contribution in [2.45, 2.75) is 28.8 Å². The van der Waals surface area contributed by atoms with Crippen LogP contribution in [-0.4, -0.2) is 33.7 Å². The highest BCUT2D eigenvalue weighted by Crippen LogP contribution is 2.42. The fourth-order valence-electron chi connectivity index (χ4n) is 2.95. The van der Waals surface area contributed by atoms with Gasteiger partial charge in [0.25, 0.3) is 0 Å². The molecule has 0 aromatic heterocycles. The third-order valence-corrected chi connectivity index (χ3v) is 7.10. The zero-order chi connectivity index (χ0) is 14.0. The lowest BCUT2D eigenvalue weighted by Gasteiger charge is -2.35. The van der Waals surface area contributed by atoms with Crippen LogP contribution in [0.15, 0.2) is 30.3 Å². The van der Waals surface area contributed by atoms with Crippen molar-refractivity contribution >= 4 is 32.8 Å². The predicted octanol–water partition coefficient (Wildman–Crippen LogP) is 3.27. The highest BCUT2D eigenvalue weighted by Gasteiger charge is 2.45. The molecule has 1 N–H and O–H groups in total. The summed E-state index contributed by atoms with van der Waals surface area (Å²) in [7, 11) is 0.249. The van der Waals surface area contributed by atoms with Crippen molar-refractivity contribution in [3.8, 4) is 0 Å². The van der Waals surface area contributed by atoms with Gasteiger partial charge in [-0.25, -0.2) is 0 Å². The average Bonchev–Trinajstić information content (AvgIpc) is 2.38. The van der Waals surface area contributed by atoms with Crippen LogP contribution in [0.4, 0.5) is 0 Å². The molecule has 1 saturated carbocycles. The molecule has 1 aliphatic rings. The van der Waals surface area contributed by atoms with Crippen molar-refractivity contribution in [1.82, 2.24) is 0 Å². The summed E-state index contributed by atoms with van der Waals surface area (Å²) in [5.74, 6) is -0.775.